The first kappa shape index (κ1) is 19.6. The number of ether oxygens (including phenoxy) is 1. The standard InChI is InChI=1S/C16H25N3O4SSi/c1-23-16(20)14(17)10-12-5-6-15-13(9-12)11-18-19(15)24(21,22)7-8-25(2,3)4/h5-6,9,11,14H,7-8,10,17H2,1-4H3. The Labute approximate surface area is 149 Å². The van der Waals surface area contributed by atoms with E-state index in [2.05, 4.69) is 29.5 Å². The van der Waals surface area contributed by atoms with Gasteiger partial charge in [-0.2, -0.15) is 9.19 Å². The minimum absolute atomic E-state index is 0.0917. The number of aromatic nitrogens is 2. The zero-order chi connectivity index (χ0) is 18.8. The van der Waals surface area contributed by atoms with E-state index in [1.54, 1.807) is 18.2 Å². The summed E-state index contributed by atoms with van der Waals surface area (Å²) in [5, 5.41) is 4.76. The molecule has 1 heterocycles. The van der Waals surface area contributed by atoms with Crippen LogP contribution in [0.15, 0.2) is 24.4 Å². The first-order valence-electron chi connectivity index (χ1n) is 8.07. The number of carbonyl (C=O) groups excluding carboxylic acids is 1. The maximum absolute atomic E-state index is 12.6. The van der Waals surface area contributed by atoms with Crippen molar-refractivity contribution in [2.45, 2.75) is 38.1 Å². The Hall–Kier alpha value is -1.71. The van der Waals surface area contributed by atoms with Gasteiger partial charge in [-0.1, -0.05) is 25.7 Å². The normalized spacial score (nSPS) is 13.8. The number of hydrogen-bond donors (Lipinski definition) is 1. The lowest BCUT2D eigenvalue weighted by Gasteiger charge is -2.15. The number of esters is 1. The molecule has 7 nitrogen and oxygen atoms in total. The van der Waals surface area contributed by atoms with E-state index in [4.69, 9.17) is 5.73 Å². The van der Waals surface area contributed by atoms with Gasteiger partial charge >= 0.3 is 5.97 Å². The molecule has 25 heavy (non-hydrogen) atoms. The molecule has 0 saturated heterocycles. The highest BCUT2D eigenvalue weighted by atomic mass is 32.2. The maximum atomic E-state index is 12.6. The number of rotatable bonds is 7. The predicted molar refractivity (Wildman–Crippen MR) is 101 cm³/mol. The lowest BCUT2D eigenvalue weighted by molar-refractivity contribution is -0.142. The summed E-state index contributed by atoms with van der Waals surface area (Å²) in [5.41, 5.74) is 7.13. The molecule has 0 radical (unpaired) electrons. The molecule has 2 N–H and O–H groups in total. The van der Waals surface area contributed by atoms with Crippen molar-refractivity contribution in [3.63, 3.8) is 0 Å². The third-order valence-electron chi connectivity index (χ3n) is 3.93. The van der Waals surface area contributed by atoms with E-state index >= 15 is 0 Å². The van der Waals surface area contributed by atoms with E-state index in [0.29, 0.717) is 23.4 Å². The molecule has 9 heteroatoms. The van der Waals surface area contributed by atoms with Crippen molar-refractivity contribution in [3.05, 3.63) is 30.0 Å². The number of carbonyl (C=O) groups is 1. The van der Waals surface area contributed by atoms with Crippen LogP contribution in [0.1, 0.15) is 5.56 Å². The van der Waals surface area contributed by atoms with Gasteiger partial charge in [-0.15, -0.1) is 0 Å². The molecular weight excluding hydrogens is 358 g/mol. The van der Waals surface area contributed by atoms with E-state index < -0.39 is 30.1 Å². The van der Waals surface area contributed by atoms with E-state index in [-0.39, 0.29) is 5.75 Å². The molecule has 1 atom stereocenters. The minimum Gasteiger partial charge on any atom is -0.468 e. The second kappa shape index (κ2) is 7.26. The zero-order valence-corrected chi connectivity index (χ0v) is 16.8. The van der Waals surface area contributed by atoms with Crippen molar-refractivity contribution in [2.75, 3.05) is 12.9 Å². The Morgan fingerprint density at radius 3 is 2.64 bits per heavy atom. The highest BCUT2D eigenvalue weighted by Gasteiger charge is 2.23. The van der Waals surface area contributed by atoms with Gasteiger partial charge < -0.3 is 10.5 Å². The first-order chi connectivity index (χ1) is 11.5. The fourth-order valence-corrected chi connectivity index (χ4v) is 6.73. The summed E-state index contributed by atoms with van der Waals surface area (Å²) in [6.45, 7) is 6.42. The third-order valence-corrected chi connectivity index (χ3v) is 7.58. The average molecular weight is 384 g/mol. The highest BCUT2D eigenvalue weighted by Crippen LogP contribution is 2.20. The number of nitrogens with zero attached hydrogens (tertiary/aromatic N) is 2. The molecule has 0 saturated carbocycles. The van der Waals surface area contributed by atoms with Crippen LogP contribution >= 0.6 is 0 Å². The van der Waals surface area contributed by atoms with Gasteiger partial charge in [0.1, 0.15) is 6.04 Å². The topological polar surface area (TPSA) is 104 Å². The van der Waals surface area contributed by atoms with Crippen molar-refractivity contribution in [2.24, 2.45) is 5.73 Å². The first-order valence-corrected chi connectivity index (χ1v) is 13.4. The molecule has 1 aromatic heterocycles. The third kappa shape index (κ3) is 4.90. The number of benzene rings is 1. The summed E-state index contributed by atoms with van der Waals surface area (Å²) in [4.78, 5) is 11.4. The second-order valence-electron chi connectivity index (χ2n) is 7.34. The van der Waals surface area contributed by atoms with E-state index in [9.17, 15) is 13.2 Å². The second-order valence-corrected chi connectivity index (χ2v) is 14.9. The number of nitrogens with two attached hydrogens (primary N) is 1. The van der Waals surface area contributed by atoms with Crippen molar-refractivity contribution in [1.82, 2.24) is 9.19 Å². The average Bonchev–Trinajstić information content (AvgIpc) is 2.95. The summed E-state index contributed by atoms with van der Waals surface area (Å²) >= 11 is 0. The summed E-state index contributed by atoms with van der Waals surface area (Å²) < 4.78 is 30.9. The Kier molecular flexibility index (Phi) is 5.70. The van der Waals surface area contributed by atoms with Gasteiger partial charge in [0.25, 0.3) is 10.0 Å². The Balaban J connectivity index is 2.26. The monoisotopic (exact) mass is 383 g/mol. The molecule has 2 aromatic rings. The van der Waals surface area contributed by atoms with Gasteiger partial charge in [0.15, 0.2) is 0 Å². The maximum Gasteiger partial charge on any atom is 0.322 e. The molecule has 0 aliphatic carbocycles. The van der Waals surface area contributed by atoms with Gasteiger partial charge in [-0.25, -0.2) is 8.42 Å². The SMILES string of the molecule is COC(=O)C(N)Cc1ccc2c(cnn2S(=O)(=O)CC[Si](C)(C)C)c1. The summed E-state index contributed by atoms with van der Waals surface area (Å²) in [7, 11) is -3.66. The Bertz CT molecular complexity index is 871. The fourth-order valence-electron chi connectivity index (χ4n) is 2.42. The van der Waals surface area contributed by atoms with Gasteiger partial charge in [-0.3, -0.25) is 4.79 Å². The molecule has 1 aromatic carbocycles. The molecule has 0 aliphatic rings. The molecule has 0 amide bonds. The molecule has 2 rings (SSSR count). The molecule has 0 spiro atoms. The predicted octanol–water partition coefficient (Wildman–Crippen LogP) is 1.60. The number of fused-ring (bicyclic) bond motifs is 1. The van der Waals surface area contributed by atoms with E-state index in [1.807, 2.05) is 0 Å². The van der Waals surface area contributed by atoms with Crippen molar-refractivity contribution >= 4 is 35.0 Å². The molecule has 138 valence electrons. The summed E-state index contributed by atoms with van der Waals surface area (Å²) in [6, 6.07) is 5.20. The molecule has 1 unspecified atom stereocenters. The van der Waals surface area contributed by atoms with Gasteiger partial charge in [0.05, 0.1) is 24.6 Å². The lowest BCUT2D eigenvalue weighted by atomic mass is 10.1. The van der Waals surface area contributed by atoms with Crippen LogP contribution in [0.5, 0.6) is 0 Å². The summed E-state index contributed by atoms with van der Waals surface area (Å²) in [6.07, 6.45) is 1.84. The molecular formula is C16H25N3O4SSi. The Morgan fingerprint density at radius 1 is 1.36 bits per heavy atom. The zero-order valence-electron chi connectivity index (χ0n) is 15.0. The lowest BCUT2D eigenvalue weighted by Crippen LogP contribution is -2.33. The Morgan fingerprint density at radius 2 is 2.04 bits per heavy atom. The van der Waals surface area contributed by atoms with Crippen LogP contribution < -0.4 is 5.73 Å². The van der Waals surface area contributed by atoms with Crippen LogP contribution in [0.3, 0.4) is 0 Å². The minimum atomic E-state index is -3.49. The quantitative estimate of drug-likeness (QED) is 0.575. The van der Waals surface area contributed by atoms with Crippen molar-refractivity contribution < 1.29 is 17.9 Å². The molecule has 0 bridgehead atoms. The summed E-state index contributed by atoms with van der Waals surface area (Å²) in [5.74, 6) is -0.390. The van der Waals surface area contributed by atoms with Crippen LogP contribution in [0.4, 0.5) is 0 Å². The van der Waals surface area contributed by atoms with Crippen LogP contribution in [-0.2, 0) is 26.0 Å². The van der Waals surface area contributed by atoms with Crippen LogP contribution in [0.2, 0.25) is 25.7 Å². The van der Waals surface area contributed by atoms with Crippen LogP contribution in [-0.4, -0.2) is 50.6 Å². The largest absolute Gasteiger partial charge is 0.468 e. The highest BCUT2D eigenvalue weighted by molar-refractivity contribution is 7.90. The van der Waals surface area contributed by atoms with E-state index in [0.717, 1.165) is 9.65 Å². The van der Waals surface area contributed by atoms with Gasteiger partial charge in [0.2, 0.25) is 0 Å². The van der Waals surface area contributed by atoms with Gasteiger partial charge in [-0.05, 0) is 30.2 Å². The van der Waals surface area contributed by atoms with Crippen molar-refractivity contribution in [1.29, 1.82) is 0 Å². The smallest absolute Gasteiger partial charge is 0.322 e. The van der Waals surface area contributed by atoms with Gasteiger partial charge in [0, 0.05) is 13.5 Å². The molecule has 0 aliphatic heterocycles. The molecule has 0 fully saturated rings. The number of hydrogen-bond acceptors (Lipinski definition) is 6. The van der Waals surface area contributed by atoms with Crippen LogP contribution in [0, 0.1) is 0 Å². The fraction of sp³-hybridized carbons (Fsp3) is 0.500. The van der Waals surface area contributed by atoms with Crippen LogP contribution in [0.25, 0.3) is 10.9 Å². The van der Waals surface area contributed by atoms with Crippen molar-refractivity contribution in [3.8, 4) is 0 Å². The number of methoxy groups -OCH3 is 1. The van der Waals surface area contributed by atoms with E-state index in [1.165, 1.54) is 13.3 Å².